The quantitative estimate of drug-likeness (QED) is 0.672. The molecule has 7 heteroatoms. The van der Waals surface area contributed by atoms with Crippen LogP contribution in [0.1, 0.15) is 19.4 Å². The molecule has 3 atom stereocenters. The average molecular weight is 413 g/mol. The first-order chi connectivity index (χ1) is 14.5. The van der Waals surface area contributed by atoms with Crippen molar-refractivity contribution in [1.29, 1.82) is 0 Å². The summed E-state index contributed by atoms with van der Waals surface area (Å²) in [5, 5.41) is 2.71. The third-order valence-electron chi connectivity index (χ3n) is 4.77. The Morgan fingerprint density at radius 3 is 2.17 bits per heavy atom. The van der Waals surface area contributed by atoms with Gasteiger partial charge in [-0.1, -0.05) is 12.1 Å². The van der Waals surface area contributed by atoms with Crippen molar-refractivity contribution in [2.24, 2.45) is 0 Å². The molecule has 1 N–H and O–H groups in total. The van der Waals surface area contributed by atoms with Crippen molar-refractivity contribution in [3.05, 3.63) is 65.7 Å². The van der Waals surface area contributed by atoms with Gasteiger partial charge < -0.3 is 23.7 Å². The molecule has 1 aliphatic heterocycles. The molecule has 1 aliphatic rings. The third kappa shape index (κ3) is 5.75. The van der Waals surface area contributed by atoms with Crippen molar-refractivity contribution in [2.75, 3.05) is 19.5 Å². The van der Waals surface area contributed by atoms with Gasteiger partial charge in [0, 0.05) is 5.69 Å². The van der Waals surface area contributed by atoms with E-state index in [1.54, 1.807) is 38.5 Å². The van der Waals surface area contributed by atoms with Gasteiger partial charge in [-0.25, -0.2) is 4.79 Å². The number of methoxy groups -OCH3 is 2. The SMILES string of the molecule is COc1ccc(CO[C@H]2C=C(C)[C@H](OC(=O)Nc3ccc(OC)cc3)[C@H](C)O2)cc1. The zero-order valence-corrected chi connectivity index (χ0v) is 17.6. The molecule has 3 rings (SSSR count). The Bertz CT molecular complexity index is 862. The lowest BCUT2D eigenvalue weighted by Gasteiger charge is -2.32. The van der Waals surface area contributed by atoms with Crippen molar-refractivity contribution in [3.8, 4) is 11.5 Å². The van der Waals surface area contributed by atoms with E-state index in [4.69, 9.17) is 23.7 Å². The largest absolute Gasteiger partial charge is 0.497 e. The van der Waals surface area contributed by atoms with Crippen LogP contribution < -0.4 is 14.8 Å². The van der Waals surface area contributed by atoms with Crippen molar-refractivity contribution >= 4 is 11.8 Å². The van der Waals surface area contributed by atoms with E-state index in [1.807, 2.05) is 44.2 Å². The number of rotatable bonds is 7. The van der Waals surface area contributed by atoms with Crippen molar-refractivity contribution in [1.82, 2.24) is 0 Å². The Morgan fingerprint density at radius 2 is 1.60 bits per heavy atom. The molecule has 2 aromatic rings. The number of hydrogen-bond donors (Lipinski definition) is 1. The Kier molecular flexibility index (Phi) is 7.32. The number of hydrogen-bond acceptors (Lipinski definition) is 6. The minimum atomic E-state index is -0.550. The summed E-state index contributed by atoms with van der Waals surface area (Å²) in [5.41, 5.74) is 2.50. The molecule has 7 nitrogen and oxygen atoms in total. The second-order valence-corrected chi connectivity index (χ2v) is 6.96. The van der Waals surface area contributed by atoms with Crippen LogP contribution in [0.2, 0.25) is 0 Å². The van der Waals surface area contributed by atoms with Crippen LogP contribution in [0.3, 0.4) is 0 Å². The molecular weight excluding hydrogens is 386 g/mol. The Labute approximate surface area is 176 Å². The number of amides is 1. The van der Waals surface area contributed by atoms with E-state index in [0.717, 1.165) is 16.9 Å². The maximum Gasteiger partial charge on any atom is 0.412 e. The standard InChI is InChI=1S/C23H27NO6/c1-15-13-21(28-14-17-5-9-19(26-3)10-6-17)29-16(2)22(15)30-23(25)24-18-7-11-20(27-4)12-8-18/h5-13,16,21-22H,14H2,1-4H3,(H,24,25)/t16-,21+,22-/m0/s1. The van der Waals surface area contributed by atoms with Gasteiger partial charge in [0.05, 0.1) is 26.9 Å². The Balaban J connectivity index is 1.53. The molecule has 160 valence electrons. The van der Waals surface area contributed by atoms with E-state index in [2.05, 4.69) is 5.32 Å². The molecule has 1 amide bonds. The van der Waals surface area contributed by atoms with Gasteiger partial charge in [-0.2, -0.15) is 0 Å². The summed E-state index contributed by atoms with van der Waals surface area (Å²) in [6.45, 7) is 4.15. The number of ether oxygens (including phenoxy) is 5. The van der Waals surface area contributed by atoms with E-state index in [-0.39, 0.29) is 6.10 Å². The first-order valence-electron chi connectivity index (χ1n) is 9.68. The monoisotopic (exact) mass is 413 g/mol. The molecule has 2 aromatic carbocycles. The maximum atomic E-state index is 12.3. The fourth-order valence-electron chi connectivity index (χ4n) is 3.12. The van der Waals surface area contributed by atoms with Crippen LogP contribution in [0.5, 0.6) is 11.5 Å². The van der Waals surface area contributed by atoms with Crippen molar-refractivity contribution in [2.45, 2.75) is 39.0 Å². The number of benzene rings is 2. The van der Waals surface area contributed by atoms with Gasteiger partial charge in [0.15, 0.2) is 12.4 Å². The molecule has 30 heavy (non-hydrogen) atoms. The topological polar surface area (TPSA) is 75.3 Å². The highest BCUT2D eigenvalue weighted by Crippen LogP contribution is 2.24. The first-order valence-corrected chi connectivity index (χ1v) is 9.68. The first kappa shape index (κ1) is 21.7. The van der Waals surface area contributed by atoms with Gasteiger partial charge in [0.2, 0.25) is 0 Å². The third-order valence-corrected chi connectivity index (χ3v) is 4.77. The minimum Gasteiger partial charge on any atom is -0.497 e. The zero-order valence-electron chi connectivity index (χ0n) is 17.6. The fourth-order valence-corrected chi connectivity index (χ4v) is 3.12. The zero-order chi connectivity index (χ0) is 21.5. The van der Waals surface area contributed by atoms with Crippen LogP contribution in [0.25, 0.3) is 0 Å². The summed E-state index contributed by atoms with van der Waals surface area (Å²) >= 11 is 0. The second-order valence-electron chi connectivity index (χ2n) is 6.96. The highest BCUT2D eigenvalue weighted by Gasteiger charge is 2.31. The van der Waals surface area contributed by atoms with Crippen LogP contribution >= 0.6 is 0 Å². The molecule has 0 bridgehead atoms. The summed E-state index contributed by atoms with van der Waals surface area (Å²) < 4.78 is 27.6. The van der Waals surface area contributed by atoms with E-state index < -0.39 is 18.5 Å². The van der Waals surface area contributed by atoms with E-state index in [0.29, 0.717) is 18.0 Å². The predicted octanol–water partition coefficient (Wildman–Crippen LogP) is 4.53. The minimum absolute atomic E-state index is 0.350. The van der Waals surface area contributed by atoms with E-state index in [1.165, 1.54) is 0 Å². The average Bonchev–Trinajstić information content (AvgIpc) is 2.75. The lowest BCUT2D eigenvalue weighted by molar-refractivity contribution is -0.172. The van der Waals surface area contributed by atoms with E-state index >= 15 is 0 Å². The molecule has 0 saturated heterocycles. The van der Waals surface area contributed by atoms with Crippen LogP contribution in [0.15, 0.2) is 60.2 Å². The molecule has 0 saturated carbocycles. The van der Waals surface area contributed by atoms with Gasteiger partial charge >= 0.3 is 6.09 Å². The van der Waals surface area contributed by atoms with Crippen LogP contribution in [0, 0.1) is 0 Å². The maximum absolute atomic E-state index is 12.3. The molecule has 1 heterocycles. The molecule has 0 aliphatic carbocycles. The summed E-state index contributed by atoms with van der Waals surface area (Å²) in [4.78, 5) is 12.3. The Hall–Kier alpha value is -3.03. The second kappa shape index (κ2) is 10.1. The van der Waals surface area contributed by atoms with E-state index in [9.17, 15) is 4.79 Å². The smallest absolute Gasteiger partial charge is 0.412 e. The number of carbonyl (C=O) groups excluding carboxylic acids is 1. The van der Waals surface area contributed by atoms with Crippen LogP contribution in [-0.2, 0) is 20.8 Å². The molecule has 0 spiro atoms. The Morgan fingerprint density at radius 1 is 1.00 bits per heavy atom. The number of carbonyl (C=O) groups is 1. The molecule has 0 radical (unpaired) electrons. The van der Waals surface area contributed by atoms with Crippen LogP contribution in [0.4, 0.5) is 10.5 Å². The summed E-state index contributed by atoms with van der Waals surface area (Å²) in [7, 11) is 3.22. The van der Waals surface area contributed by atoms with Gasteiger partial charge in [-0.15, -0.1) is 0 Å². The van der Waals surface area contributed by atoms with Crippen LogP contribution in [-0.4, -0.2) is 38.8 Å². The normalized spacial score (nSPS) is 20.8. The predicted molar refractivity (Wildman–Crippen MR) is 113 cm³/mol. The molecular formula is C23H27NO6. The lowest BCUT2D eigenvalue weighted by Crippen LogP contribution is -2.40. The van der Waals surface area contributed by atoms with Gasteiger partial charge in [-0.05, 0) is 67.5 Å². The fraction of sp³-hybridized carbons (Fsp3) is 0.348. The summed E-state index contributed by atoms with van der Waals surface area (Å²) in [6, 6.07) is 14.7. The lowest BCUT2D eigenvalue weighted by atomic mass is 10.0. The number of nitrogens with one attached hydrogen (secondary N) is 1. The molecule has 0 unspecified atom stereocenters. The summed E-state index contributed by atoms with van der Waals surface area (Å²) in [5.74, 6) is 1.51. The summed E-state index contributed by atoms with van der Waals surface area (Å²) in [6.07, 6.45) is -0.0753. The molecule has 0 fully saturated rings. The van der Waals surface area contributed by atoms with Crippen molar-refractivity contribution in [3.63, 3.8) is 0 Å². The number of anilines is 1. The van der Waals surface area contributed by atoms with Gasteiger partial charge in [-0.3, -0.25) is 5.32 Å². The van der Waals surface area contributed by atoms with Gasteiger partial charge in [0.1, 0.15) is 11.5 Å². The van der Waals surface area contributed by atoms with Gasteiger partial charge in [0.25, 0.3) is 0 Å². The highest BCUT2D eigenvalue weighted by molar-refractivity contribution is 5.84. The van der Waals surface area contributed by atoms with Crippen molar-refractivity contribution < 1.29 is 28.5 Å². The highest BCUT2D eigenvalue weighted by atomic mass is 16.7. The molecule has 0 aromatic heterocycles.